The van der Waals surface area contributed by atoms with E-state index in [0.29, 0.717) is 24.6 Å². The first-order valence-electron chi connectivity index (χ1n) is 9.96. The monoisotopic (exact) mass is 431 g/mol. The number of amides is 1. The molecule has 0 aliphatic carbocycles. The van der Waals surface area contributed by atoms with Crippen LogP contribution in [0.15, 0.2) is 42.5 Å². The number of ether oxygens (including phenoxy) is 1. The molecule has 0 spiro atoms. The predicted octanol–water partition coefficient (Wildman–Crippen LogP) is 2.93. The number of nitrogens with one attached hydrogen (secondary N) is 1. The standard InChI is InChI=1S/C22H29N3O4S/c1-16-13-17(2)15-21(14-16)25(30(4,27)28)18(3)22(26)23-19-5-7-20(8-6-19)24-9-11-29-12-10-24/h5-8,13-15,18H,9-12H2,1-4H3,(H,23,26). The van der Waals surface area contributed by atoms with E-state index in [4.69, 9.17) is 4.74 Å². The third kappa shape index (κ3) is 5.31. The van der Waals surface area contributed by atoms with Crippen LogP contribution in [-0.2, 0) is 19.6 Å². The van der Waals surface area contributed by atoms with E-state index in [2.05, 4.69) is 10.2 Å². The van der Waals surface area contributed by atoms with Gasteiger partial charge in [-0.3, -0.25) is 9.10 Å². The molecule has 1 amide bonds. The van der Waals surface area contributed by atoms with Crippen molar-refractivity contribution in [2.24, 2.45) is 0 Å². The minimum Gasteiger partial charge on any atom is -0.378 e. The van der Waals surface area contributed by atoms with Crippen LogP contribution in [0.1, 0.15) is 18.1 Å². The quantitative estimate of drug-likeness (QED) is 0.761. The lowest BCUT2D eigenvalue weighted by molar-refractivity contribution is -0.116. The van der Waals surface area contributed by atoms with Crippen molar-refractivity contribution < 1.29 is 17.9 Å². The Hall–Kier alpha value is -2.58. The Morgan fingerprint density at radius 3 is 2.17 bits per heavy atom. The number of nitrogens with zero attached hydrogens (tertiary/aromatic N) is 2. The van der Waals surface area contributed by atoms with Crippen LogP contribution in [0.3, 0.4) is 0 Å². The summed E-state index contributed by atoms with van der Waals surface area (Å²) in [6.45, 7) is 8.47. The number of morpholine rings is 1. The highest BCUT2D eigenvalue weighted by Gasteiger charge is 2.29. The highest BCUT2D eigenvalue weighted by atomic mass is 32.2. The number of benzene rings is 2. The lowest BCUT2D eigenvalue weighted by Crippen LogP contribution is -2.45. The number of anilines is 3. The van der Waals surface area contributed by atoms with Gasteiger partial charge in [0, 0.05) is 24.5 Å². The number of hydrogen-bond acceptors (Lipinski definition) is 5. The fourth-order valence-corrected chi connectivity index (χ4v) is 4.87. The van der Waals surface area contributed by atoms with E-state index in [-0.39, 0.29) is 0 Å². The Morgan fingerprint density at radius 1 is 1.07 bits per heavy atom. The molecule has 30 heavy (non-hydrogen) atoms. The molecule has 0 saturated carbocycles. The lowest BCUT2D eigenvalue weighted by atomic mass is 10.1. The number of aryl methyl sites for hydroxylation is 2. The van der Waals surface area contributed by atoms with Crippen molar-refractivity contribution in [3.63, 3.8) is 0 Å². The number of carbonyl (C=O) groups is 1. The average Bonchev–Trinajstić information content (AvgIpc) is 2.67. The van der Waals surface area contributed by atoms with E-state index in [0.717, 1.165) is 36.2 Å². The molecule has 1 unspecified atom stereocenters. The van der Waals surface area contributed by atoms with Gasteiger partial charge in [-0.25, -0.2) is 8.42 Å². The van der Waals surface area contributed by atoms with Crippen molar-refractivity contribution in [1.29, 1.82) is 0 Å². The van der Waals surface area contributed by atoms with Crippen molar-refractivity contribution in [2.75, 3.05) is 47.1 Å². The van der Waals surface area contributed by atoms with Crippen LogP contribution in [-0.4, -0.2) is 52.9 Å². The maximum absolute atomic E-state index is 12.9. The SMILES string of the molecule is Cc1cc(C)cc(N(C(C)C(=O)Nc2ccc(N3CCOCC3)cc2)S(C)(=O)=O)c1. The predicted molar refractivity (Wildman–Crippen MR) is 121 cm³/mol. The van der Waals surface area contributed by atoms with E-state index >= 15 is 0 Å². The van der Waals surface area contributed by atoms with Crippen molar-refractivity contribution >= 4 is 33.0 Å². The van der Waals surface area contributed by atoms with Crippen molar-refractivity contribution in [3.8, 4) is 0 Å². The highest BCUT2D eigenvalue weighted by Crippen LogP contribution is 2.25. The lowest BCUT2D eigenvalue weighted by Gasteiger charge is -2.29. The summed E-state index contributed by atoms with van der Waals surface area (Å²) in [6, 6.07) is 12.2. The van der Waals surface area contributed by atoms with E-state index in [1.807, 2.05) is 44.2 Å². The number of carbonyl (C=O) groups excluding carboxylic acids is 1. The topological polar surface area (TPSA) is 79.0 Å². The Labute approximate surface area is 178 Å². The zero-order chi connectivity index (χ0) is 21.9. The fraction of sp³-hybridized carbons (Fsp3) is 0.409. The molecule has 1 N–H and O–H groups in total. The molecule has 2 aromatic rings. The van der Waals surface area contributed by atoms with Gasteiger partial charge in [-0.05, 0) is 68.3 Å². The summed E-state index contributed by atoms with van der Waals surface area (Å²) in [5, 5.41) is 2.84. The van der Waals surface area contributed by atoms with Gasteiger partial charge in [-0.2, -0.15) is 0 Å². The summed E-state index contributed by atoms with van der Waals surface area (Å²) in [4.78, 5) is 15.1. The smallest absolute Gasteiger partial charge is 0.247 e. The zero-order valence-corrected chi connectivity index (χ0v) is 18.7. The first-order valence-corrected chi connectivity index (χ1v) is 11.8. The highest BCUT2D eigenvalue weighted by molar-refractivity contribution is 7.92. The molecule has 8 heteroatoms. The second kappa shape index (κ2) is 9.06. The van der Waals surface area contributed by atoms with Gasteiger partial charge in [-0.15, -0.1) is 0 Å². The van der Waals surface area contributed by atoms with Crippen molar-refractivity contribution in [1.82, 2.24) is 0 Å². The van der Waals surface area contributed by atoms with Crippen LogP contribution in [0.4, 0.5) is 17.1 Å². The summed E-state index contributed by atoms with van der Waals surface area (Å²) >= 11 is 0. The first-order chi connectivity index (χ1) is 14.1. The van der Waals surface area contributed by atoms with Crippen molar-refractivity contribution in [2.45, 2.75) is 26.8 Å². The van der Waals surface area contributed by atoms with E-state index in [9.17, 15) is 13.2 Å². The Balaban J connectivity index is 1.77. The van der Waals surface area contributed by atoms with Gasteiger partial charge in [0.05, 0.1) is 25.2 Å². The molecule has 3 rings (SSSR count). The summed E-state index contributed by atoms with van der Waals surface area (Å²) in [5.74, 6) is -0.390. The van der Waals surface area contributed by atoms with Crippen LogP contribution in [0.2, 0.25) is 0 Å². The van der Waals surface area contributed by atoms with Gasteiger partial charge >= 0.3 is 0 Å². The van der Waals surface area contributed by atoms with Gasteiger partial charge < -0.3 is 15.0 Å². The fourth-order valence-electron chi connectivity index (χ4n) is 3.71. The van der Waals surface area contributed by atoms with E-state index in [1.165, 1.54) is 4.31 Å². The molecule has 1 aliphatic heterocycles. The third-order valence-electron chi connectivity index (χ3n) is 5.06. The molecule has 1 atom stereocenters. The molecule has 0 bridgehead atoms. The van der Waals surface area contributed by atoms with E-state index in [1.54, 1.807) is 19.1 Å². The number of sulfonamides is 1. The van der Waals surface area contributed by atoms with Crippen LogP contribution >= 0.6 is 0 Å². The van der Waals surface area contributed by atoms with Gasteiger partial charge in [0.15, 0.2) is 0 Å². The Bertz CT molecular complexity index is 979. The van der Waals surface area contributed by atoms with Crippen LogP contribution in [0.5, 0.6) is 0 Å². The molecule has 1 heterocycles. The second-order valence-electron chi connectivity index (χ2n) is 7.72. The van der Waals surface area contributed by atoms with Crippen LogP contribution in [0.25, 0.3) is 0 Å². The van der Waals surface area contributed by atoms with Gasteiger partial charge in [-0.1, -0.05) is 6.07 Å². The Kier molecular flexibility index (Phi) is 6.67. The summed E-state index contributed by atoms with van der Waals surface area (Å²) < 4.78 is 31.5. The summed E-state index contributed by atoms with van der Waals surface area (Å²) in [6.07, 6.45) is 1.12. The molecule has 1 fully saturated rings. The van der Waals surface area contributed by atoms with Crippen LogP contribution < -0.4 is 14.5 Å². The van der Waals surface area contributed by atoms with Crippen molar-refractivity contribution in [3.05, 3.63) is 53.6 Å². The minimum absolute atomic E-state index is 0.390. The molecule has 7 nitrogen and oxygen atoms in total. The van der Waals surface area contributed by atoms with Gasteiger partial charge in [0.25, 0.3) is 0 Å². The molecule has 0 aromatic heterocycles. The van der Waals surface area contributed by atoms with Crippen LogP contribution in [0, 0.1) is 13.8 Å². The Morgan fingerprint density at radius 2 is 1.63 bits per heavy atom. The maximum atomic E-state index is 12.9. The summed E-state index contributed by atoms with van der Waals surface area (Å²) in [7, 11) is -3.66. The largest absolute Gasteiger partial charge is 0.378 e. The van der Waals surface area contributed by atoms with Gasteiger partial charge in [0.1, 0.15) is 6.04 Å². The zero-order valence-electron chi connectivity index (χ0n) is 17.9. The molecule has 2 aromatic carbocycles. The molecular formula is C22H29N3O4S. The molecule has 162 valence electrons. The molecule has 0 radical (unpaired) electrons. The molecule has 1 saturated heterocycles. The number of hydrogen-bond donors (Lipinski definition) is 1. The van der Waals surface area contributed by atoms with E-state index < -0.39 is 22.0 Å². The number of rotatable bonds is 6. The average molecular weight is 432 g/mol. The minimum atomic E-state index is -3.66. The first kappa shape index (κ1) is 22.1. The van der Waals surface area contributed by atoms with Gasteiger partial charge in [0.2, 0.25) is 15.9 Å². The third-order valence-corrected chi connectivity index (χ3v) is 6.30. The molecule has 1 aliphatic rings. The normalized spacial score (nSPS) is 15.5. The maximum Gasteiger partial charge on any atom is 0.247 e. The summed E-state index contributed by atoms with van der Waals surface area (Å²) in [5.41, 5.74) is 4.05. The second-order valence-corrected chi connectivity index (χ2v) is 9.58. The molecular weight excluding hydrogens is 402 g/mol.